The fourth-order valence-electron chi connectivity index (χ4n) is 1.04. The fraction of sp³-hybridized carbons (Fsp3) is 0.625. The van der Waals surface area contributed by atoms with E-state index in [2.05, 4.69) is 4.99 Å². The van der Waals surface area contributed by atoms with Gasteiger partial charge in [0.1, 0.15) is 6.23 Å². The molecule has 68 valence electrons. The minimum Gasteiger partial charge on any atom is -0.402 e. The van der Waals surface area contributed by atoms with Gasteiger partial charge in [-0.25, -0.2) is 4.39 Å². The molecule has 0 aromatic rings. The molecule has 1 saturated heterocycles. The van der Waals surface area contributed by atoms with Gasteiger partial charge in [0.15, 0.2) is 5.83 Å². The highest BCUT2D eigenvalue weighted by Gasteiger charge is 2.10. The van der Waals surface area contributed by atoms with Gasteiger partial charge in [-0.2, -0.15) is 0 Å². The molecule has 0 saturated carbocycles. The molecule has 1 atom stereocenters. The lowest BCUT2D eigenvalue weighted by Crippen LogP contribution is -2.16. The zero-order valence-corrected chi connectivity index (χ0v) is 6.87. The lowest BCUT2D eigenvalue weighted by Gasteiger charge is -2.18. The third kappa shape index (κ3) is 3.00. The summed E-state index contributed by atoms with van der Waals surface area (Å²) in [5.41, 5.74) is 4.92. The van der Waals surface area contributed by atoms with Crippen LogP contribution >= 0.6 is 0 Å². The van der Waals surface area contributed by atoms with Crippen LogP contribution in [0.25, 0.3) is 0 Å². The zero-order valence-electron chi connectivity index (χ0n) is 6.87. The van der Waals surface area contributed by atoms with Crippen molar-refractivity contribution in [1.29, 1.82) is 0 Å². The maximum absolute atomic E-state index is 12.4. The van der Waals surface area contributed by atoms with Gasteiger partial charge < -0.3 is 10.5 Å². The van der Waals surface area contributed by atoms with E-state index in [0.29, 0.717) is 0 Å². The van der Waals surface area contributed by atoms with Crippen LogP contribution in [-0.4, -0.2) is 19.0 Å². The summed E-state index contributed by atoms with van der Waals surface area (Å²) in [5.74, 6) is -0.524. The van der Waals surface area contributed by atoms with Gasteiger partial charge in [0.25, 0.3) is 0 Å². The number of nitrogens with two attached hydrogens (primary N) is 1. The zero-order chi connectivity index (χ0) is 8.81. The summed E-state index contributed by atoms with van der Waals surface area (Å²) in [4.78, 5) is 3.88. The summed E-state index contributed by atoms with van der Waals surface area (Å²) in [7, 11) is 0. The molecule has 0 aromatic heterocycles. The summed E-state index contributed by atoms with van der Waals surface area (Å²) >= 11 is 0. The first kappa shape index (κ1) is 9.19. The highest BCUT2D eigenvalue weighted by Crippen LogP contribution is 2.13. The van der Waals surface area contributed by atoms with E-state index in [1.165, 1.54) is 0 Å². The smallest absolute Gasteiger partial charge is 0.156 e. The number of nitrogens with zero attached hydrogens (tertiary/aromatic N) is 1. The van der Waals surface area contributed by atoms with Crippen LogP contribution in [0.15, 0.2) is 17.0 Å². The average molecular weight is 172 g/mol. The molecular weight excluding hydrogens is 159 g/mol. The van der Waals surface area contributed by atoms with Gasteiger partial charge in [-0.15, -0.1) is 0 Å². The maximum atomic E-state index is 12.4. The lowest BCUT2D eigenvalue weighted by atomic mass is 10.2. The molecule has 1 aliphatic rings. The average Bonchev–Trinajstić information content (AvgIpc) is 2.16. The summed E-state index contributed by atoms with van der Waals surface area (Å²) in [5, 5.41) is 0. The number of rotatable bonds is 2. The molecule has 0 aromatic carbocycles. The molecule has 2 N–H and O–H groups in total. The summed E-state index contributed by atoms with van der Waals surface area (Å²) < 4.78 is 17.7. The Hall–Kier alpha value is -0.900. The standard InChI is InChI=1S/C8H13FN2O/c9-7(5-10)6-11-8-3-1-2-4-12-8/h5-6,8H,1-4,10H2. The Morgan fingerprint density at radius 1 is 1.58 bits per heavy atom. The molecule has 1 heterocycles. The largest absolute Gasteiger partial charge is 0.402 e. The Bertz CT molecular complexity index is 185. The van der Waals surface area contributed by atoms with E-state index in [4.69, 9.17) is 10.5 Å². The second-order valence-corrected chi connectivity index (χ2v) is 2.65. The van der Waals surface area contributed by atoms with Crippen molar-refractivity contribution in [2.75, 3.05) is 6.61 Å². The van der Waals surface area contributed by atoms with Crippen molar-refractivity contribution in [3.63, 3.8) is 0 Å². The monoisotopic (exact) mass is 172 g/mol. The fourth-order valence-corrected chi connectivity index (χ4v) is 1.04. The molecule has 1 fully saturated rings. The SMILES string of the molecule is NC=C(F)C=NC1CCCCO1. The highest BCUT2D eigenvalue weighted by molar-refractivity contribution is 5.75. The number of aliphatic imine (C=N–C) groups is 1. The molecule has 0 radical (unpaired) electrons. The predicted molar refractivity (Wildman–Crippen MR) is 45.5 cm³/mol. The van der Waals surface area contributed by atoms with Crippen molar-refractivity contribution in [3.05, 3.63) is 12.0 Å². The molecule has 4 heteroatoms. The van der Waals surface area contributed by atoms with Crippen LogP contribution in [0.4, 0.5) is 4.39 Å². The van der Waals surface area contributed by atoms with E-state index in [9.17, 15) is 4.39 Å². The predicted octanol–water partition coefficient (Wildman–Crippen LogP) is 1.35. The van der Waals surface area contributed by atoms with Gasteiger partial charge >= 0.3 is 0 Å². The Kier molecular flexibility index (Phi) is 3.73. The molecule has 0 amide bonds. The molecule has 1 unspecified atom stereocenters. The van der Waals surface area contributed by atoms with E-state index in [0.717, 1.165) is 38.3 Å². The lowest BCUT2D eigenvalue weighted by molar-refractivity contribution is 0.0226. The van der Waals surface area contributed by atoms with Crippen LogP contribution in [0.2, 0.25) is 0 Å². The quantitative estimate of drug-likeness (QED) is 0.639. The Balaban J connectivity index is 2.33. The third-order valence-electron chi connectivity index (χ3n) is 1.68. The Morgan fingerprint density at radius 2 is 2.42 bits per heavy atom. The number of halogens is 1. The van der Waals surface area contributed by atoms with E-state index >= 15 is 0 Å². The van der Waals surface area contributed by atoms with Crippen molar-refractivity contribution in [2.24, 2.45) is 10.7 Å². The number of ether oxygens (including phenoxy) is 1. The van der Waals surface area contributed by atoms with Crippen molar-refractivity contribution in [3.8, 4) is 0 Å². The van der Waals surface area contributed by atoms with E-state index in [1.54, 1.807) is 0 Å². The molecule has 3 nitrogen and oxygen atoms in total. The van der Waals surface area contributed by atoms with Gasteiger partial charge in [0, 0.05) is 12.8 Å². The maximum Gasteiger partial charge on any atom is 0.156 e. The normalized spacial score (nSPS) is 26.4. The first-order valence-corrected chi connectivity index (χ1v) is 4.05. The second-order valence-electron chi connectivity index (χ2n) is 2.65. The highest BCUT2D eigenvalue weighted by atomic mass is 19.1. The van der Waals surface area contributed by atoms with E-state index in [1.807, 2.05) is 0 Å². The van der Waals surface area contributed by atoms with Crippen LogP contribution in [0.3, 0.4) is 0 Å². The summed E-state index contributed by atoms with van der Waals surface area (Å²) in [6, 6.07) is 0. The van der Waals surface area contributed by atoms with Crippen molar-refractivity contribution in [2.45, 2.75) is 25.5 Å². The first-order chi connectivity index (χ1) is 5.83. The number of hydrogen-bond donors (Lipinski definition) is 1. The second kappa shape index (κ2) is 4.87. The molecule has 1 rings (SSSR count). The first-order valence-electron chi connectivity index (χ1n) is 4.05. The van der Waals surface area contributed by atoms with Crippen LogP contribution < -0.4 is 5.73 Å². The molecule has 12 heavy (non-hydrogen) atoms. The number of hydrogen-bond acceptors (Lipinski definition) is 3. The minimum absolute atomic E-state index is 0.176. The van der Waals surface area contributed by atoms with Gasteiger partial charge in [-0.3, -0.25) is 4.99 Å². The van der Waals surface area contributed by atoms with Crippen LogP contribution in [0.5, 0.6) is 0 Å². The van der Waals surface area contributed by atoms with Crippen LogP contribution in [0.1, 0.15) is 19.3 Å². The molecule has 0 spiro atoms. The summed E-state index contributed by atoms with van der Waals surface area (Å²) in [6.07, 6.45) is 4.85. The van der Waals surface area contributed by atoms with Gasteiger partial charge in [0.2, 0.25) is 0 Å². The molecule has 0 aliphatic carbocycles. The molecular formula is C8H13FN2O. The van der Waals surface area contributed by atoms with Crippen molar-refractivity contribution >= 4 is 6.21 Å². The van der Waals surface area contributed by atoms with E-state index < -0.39 is 5.83 Å². The Morgan fingerprint density at radius 3 is 3.00 bits per heavy atom. The summed E-state index contributed by atoms with van der Waals surface area (Å²) in [6.45, 7) is 0.718. The van der Waals surface area contributed by atoms with Crippen LogP contribution in [0, 0.1) is 0 Å². The van der Waals surface area contributed by atoms with Crippen LogP contribution in [-0.2, 0) is 4.74 Å². The molecule has 0 bridgehead atoms. The minimum atomic E-state index is -0.524. The van der Waals surface area contributed by atoms with Crippen molar-refractivity contribution in [1.82, 2.24) is 0 Å². The number of allylic oxidation sites excluding steroid dienone is 1. The van der Waals surface area contributed by atoms with Gasteiger partial charge in [0.05, 0.1) is 6.21 Å². The Labute approximate surface area is 71.1 Å². The van der Waals surface area contributed by atoms with E-state index in [-0.39, 0.29) is 6.23 Å². The van der Waals surface area contributed by atoms with Gasteiger partial charge in [-0.05, 0) is 19.3 Å². The van der Waals surface area contributed by atoms with Crippen molar-refractivity contribution < 1.29 is 9.13 Å². The van der Waals surface area contributed by atoms with Gasteiger partial charge in [-0.1, -0.05) is 0 Å². The molecule has 1 aliphatic heterocycles. The topological polar surface area (TPSA) is 47.6 Å². The third-order valence-corrected chi connectivity index (χ3v) is 1.68.